The zero-order valence-corrected chi connectivity index (χ0v) is 12.3. The molecule has 2 rings (SSSR count). The molecule has 0 amide bonds. The van der Waals surface area contributed by atoms with E-state index >= 15 is 0 Å². The van der Waals surface area contributed by atoms with Crippen molar-refractivity contribution in [3.63, 3.8) is 0 Å². The Labute approximate surface area is 122 Å². The van der Waals surface area contributed by atoms with Crippen LogP contribution in [0.2, 0.25) is 0 Å². The number of amidine groups is 1. The maximum absolute atomic E-state index is 8.61. The molecular formula is C14H18N4OS. The predicted octanol–water partition coefficient (Wildman–Crippen LogP) is 2.40. The maximum atomic E-state index is 8.61. The highest BCUT2D eigenvalue weighted by Gasteiger charge is 2.08. The Balaban J connectivity index is 1.94. The van der Waals surface area contributed by atoms with E-state index in [1.807, 2.05) is 30.5 Å². The van der Waals surface area contributed by atoms with Crippen LogP contribution in [0.15, 0.2) is 35.6 Å². The predicted molar refractivity (Wildman–Crippen MR) is 81.1 cm³/mol. The summed E-state index contributed by atoms with van der Waals surface area (Å²) in [6.45, 7) is 4.90. The van der Waals surface area contributed by atoms with E-state index in [-0.39, 0.29) is 11.9 Å². The summed E-state index contributed by atoms with van der Waals surface area (Å²) in [5.74, 6) is 0.121. The van der Waals surface area contributed by atoms with Gasteiger partial charge in [0.05, 0.1) is 6.04 Å². The van der Waals surface area contributed by atoms with Crippen molar-refractivity contribution in [2.24, 2.45) is 10.9 Å². The normalized spacial score (nSPS) is 13.4. The molecule has 2 aromatic rings. The largest absolute Gasteiger partial charge is 0.409 e. The fourth-order valence-electron chi connectivity index (χ4n) is 1.78. The first-order valence-corrected chi connectivity index (χ1v) is 7.14. The van der Waals surface area contributed by atoms with E-state index in [0.29, 0.717) is 5.56 Å². The van der Waals surface area contributed by atoms with Crippen molar-refractivity contribution < 1.29 is 5.21 Å². The van der Waals surface area contributed by atoms with Gasteiger partial charge in [-0.15, -0.1) is 11.3 Å². The summed E-state index contributed by atoms with van der Waals surface area (Å²) in [6.07, 6.45) is 1.89. The molecule has 1 aromatic carbocycles. The fraction of sp³-hybridized carbons (Fsp3) is 0.286. The van der Waals surface area contributed by atoms with Crippen molar-refractivity contribution in [1.29, 1.82) is 0 Å². The van der Waals surface area contributed by atoms with Gasteiger partial charge < -0.3 is 16.3 Å². The van der Waals surface area contributed by atoms with Crippen LogP contribution in [0.25, 0.3) is 0 Å². The van der Waals surface area contributed by atoms with Gasteiger partial charge in [-0.1, -0.05) is 29.4 Å². The molecule has 0 saturated carbocycles. The van der Waals surface area contributed by atoms with Crippen LogP contribution in [0, 0.1) is 6.92 Å². The number of aryl methyl sites for hydroxylation is 1. The van der Waals surface area contributed by atoms with Crippen molar-refractivity contribution >= 4 is 17.2 Å². The van der Waals surface area contributed by atoms with E-state index in [2.05, 4.69) is 29.3 Å². The molecule has 1 heterocycles. The summed E-state index contributed by atoms with van der Waals surface area (Å²) < 4.78 is 0. The van der Waals surface area contributed by atoms with Crippen molar-refractivity contribution in [2.75, 3.05) is 0 Å². The summed E-state index contributed by atoms with van der Waals surface area (Å²) in [5.41, 5.74) is 7.37. The second-order valence-electron chi connectivity index (χ2n) is 4.59. The van der Waals surface area contributed by atoms with E-state index in [4.69, 9.17) is 10.9 Å². The van der Waals surface area contributed by atoms with Crippen LogP contribution < -0.4 is 11.1 Å². The molecule has 5 nitrogen and oxygen atoms in total. The first kappa shape index (κ1) is 14.5. The van der Waals surface area contributed by atoms with Gasteiger partial charge in [-0.2, -0.15) is 0 Å². The first-order valence-electron chi connectivity index (χ1n) is 6.32. The monoisotopic (exact) mass is 290 g/mol. The number of aromatic nitrogens is 1. The second kappa shape index (κ2) is 6.49. The van der Waals surface area contributed by atoms with Crippen LogP contribution in [0.3, 0.4) is 0 Å². The van der Waals surface area contributed by atoms with Crippen LogP contribution in [0.4, 0.5) is 0 Å². The Morgan fingerprint density at radius 2 is 2.15 bits per heavy atom. The summed E-state index contributed by atoms with van der Waals surface area (Å²) >= 11 is 1.71. The van der Waals surface area contributed by atoms with E-state index in [1.165, 1.54) is 4.88 Å². The molecule has 0 aliphatic heterocycles. The van der Waals surface area contributed by atoms with Gasteiger partial charge >= 0.3 is 0 Å². The number of rotatable bonds is 5. The van der Waals surface area contributed by atoms with Gasteiger partial charge in [0.15, 0.2) is 5.84 Å². The molecule has 1 aromatic heterocycles. The number of nitrogens with two attached hydrogens (primary N) is 1. The zero-order chi connectivity index (χ0) is 14.5. The molecule has 0 radical (unpaired) electrons. The van der Waals surface area contributed by atoms with E-state index in [0.717, 1.165) is 17.1 Å². The molecule has 106 valence electrons. The molecule has 0 saturated heterocycles. The zero-order valence-electron chi connectivity index (χ0n) is 11.5. The van der Waals surface area contributed by atoms with Crippen LogP contribution in [-0.4, -0.2) is 16.0 Å². The molecular weight excluding hydrogens is 272 g/mol. The van der Waals surface area contributed by atoms with Gasteiger partial charge in [-0.25, -0.2) is 4.98 Å². The summed E-state index contributed by atoms with van der Waals surface area (Å²) in [6, 6.07) is 7.81. The SMILES string of the molecule is Cc1cnc(C(C)NCc2ccc(/C(N)=N/O)cc2)s1. The summed E-state index contributed by atoms with van der Waals surface area (Å²) in [5, 5.41) is 16.1. The third-order valence-electron chi connectivity index (χ3n) is 2.98. The molecule has 0 spiro atoms. The number of oxime groups is 1. The third-order valence-corrected chi connectivity index (χ3v) is 4.07. The van der Waals surface area contributed by atoms with Crippen LogP contribution >= 0.6 is 11.3 Å². The Morgan fingerprint density at radius 3 is 2.70 bits per heavy atom. The highest BCUT2D eigenvalue weighted by Crippen LogP contribution is 2.19. The smallest absolute Gasteiger partial charge is 0.170 e. The Bertz CT molecular complexity index is 591. The molecule has 0 aliphatic rings. The minimum absolute atomic E-state index is 0.121. The van der Waals surface area contributed by atoms with Crippen LogP contribution in [0.1, 0.15) is 34.0 Å². The van der Waals surface area contributed by atoms with E-state index in [9.17, 15) is 0 Å². The molecule has 6 heteroatoms. The van der Waals surface area contributed by atoms with Crippen LogP contribution in [0.5, 0.6) is 0 Å². The van der Waals surface area contributed by atoms with Crippen molar-refractivity contribution in [2.45, 2.75) is 26.4 Å². The molecule has 0 bridgehead atoms. The molecule has 0 fully saturated rings. The number of hydrogen-bond donors (Lipinski definition) is 3. The van der Waals surface area contributed by atoms with Crippen LogP contribution in [-0.2, 0) is 6.54 Å². The summed E-state index contributed by atoms with van der Waals surface area (Å²) in [7, 11) is 0. The number of hydrogen-bond acceptors (Lipinski definition) is 5. The third kappa shape index (κ3) is 3.55. The first-order chi connectivity index (χ1) is 9.60. The highest BCUT2D eigenvalue weighted by molar-refractivity contribution is 7.11. The number of nitrogens with one attached hydrogen (secondary N) is 1. The van der Waals surface area contributed by atoms with Gasteiger partial charge in [0.25, 0.3) is 0 Å². The number of thiazole rings is 1. The lowest BCUT2D eigenvalue weighted by molar-refractivity contribution is 0.318. The molecule has 1 atom stereocenters. The molecule has 20 heavy (non-hydrogen) atoms. The van der Waals surface area contributed by atoms with Gasteiger partial charge in [-0.05, 0) is 19.4 Å². The minimum Gasteiger partial charge on any atom is -0.409 e. The molecule has 1 unspecified atom stereocenters. The van der Waals surface area contributed by atoms with E-state index in [1.54, 1.807) is 11.3 Å². The quantitative estimate of drug-likeness (QED) is 0.342. The lowest BCUT2D eigenvalue weighted by Gasteiger charge is -2.11. The number of benzene rings is 1. The fourth-order valence-corrected chi connectivity index (χ4v) is 2.58. The van der Waals surface area contributed by atoms with Gasteiger partial charge in [0, 0.05) is 23.2 Å². The number of nitrogens with zero attached hydrogens (tertiary/aromatic N) is 2. The highest BCUT2D eigenvalue weighted by atomic mass is 32.1. The average Bonchev–Trinajstić information content (AvgIpc) is 2.91. The lowest BCUT2D eigenvalue weighted by Crippen LogP contribution is -2.18. The lowest BCUT2D eigenvalue weighted by atomic mass is 10.1. The van der Waals surface area contributed by atoms with Crippen molar-refractivity contribution in [1.82, 2.24) is 10.3 Å². The minimum atomic E-state index is 0.121. The van der Waals surface area contributed by atoms with Gasteiger partial charge in [0.2, 0.25) is 0 Å². The second-order valence-corrected chi connectivity index (χ2v) is 5.86. The topological polar surface area (TPSA) is 83.5 Å². The van der Waals surface area contributed by atoms with Gasteiger partial charge in [-0.3, -0.25) is 0 Å². The molecule has 0 aliphatic carbocycles. The maximum Gasteiger partial charge on any atom is 0.170 e. The Kier molecular flexibility index (Phi) is 4.70. The van der Waals surface area contributed by atoms with E-state index < -0.39 is 0 Å². The van der Waals surface area contributed by atoms with Gasteiger partial charge in [0.1, 0.15) is 5.01 Å². The molecule has 4 N–H and O–H groups in total. The Morgan fingerprint density at radius 1 is 1.45 bits per heavy atom. The van der Waals surface area contributed by atoms with Crippen molar-refractivity contribution in [3.8, 4) is 0 Å². The standard InChI is InChI=1S/C14H18N4OS/c1-9-7-17-14(20-9)10(2)16-8-11-3-5-12(6-4-11)13(15)18-19/h3-7,10,16,19H,8H2,1-2H3,(H2,15,18). The van der Waals surface area contributed by atoms with Crippen molar-refractivity contribution in [3.05, 3.63) is 51.5 Å². The average molecular weight is 290 g/mol. The summed E-state index contributed by atoms with van der Waals surface area (Å²) in [4.78, 5) is 5.59. The Hall–Kier alpha value is -1.92.